The Bertz CT molecular complexity index is 448. The molecule has 0 N–H and O–H groups in total. The molecule has 1 aromatic rings. The van der Waals surface area contributed by atoms with Crippen LogP contribution < -0.4 is 0 Å². The van der Waals surface area contributed by atoms with Gasteiger partial charge in [-0.3, -0.25) is 4.79 Å². The van der Waals surface area contributed by atoms with Gasteiger partial charge in [0.25, 0.3) is 5.91 Å². The number of likely N-dealkylation sites (tertiary alicyclic amines) is 1. The van der Waals surface area contributed by atoms with Crippen molar-refractivity contribution in [2.24, 2.45) is 11.8 Å². The molecule has 1 atom stereocenters. The van der Waals surface area contributed by atoms with Gasteiger partial charge in [-0.2, -0.15) is 4.39 Å². The third-order valence-corrected chi connectivity index (χ3v) is 3.99. The lowest BCUT2D eigenvalue weighted by atomic mass is 9.89. The molecular formula is C15H21FN2O. The highest BCUT2D eigenvalue weighted by Gasteiger charge is 2.24. The summed E-state index contributed by atoms with van der Waals surface area (Å²) < 4.78 is 13.5. The maximum absolute atomic E-state index is 13.5. The third-order valence-electron chi connectivity index (χ3n) is 3.99. The number of rotatable bonds is 2. The molecule has 0 aliphatic carbocycles. The van der Waals surface area contributed by atoms with Crippen LogP contribution in [0.4, 0.5) is 4.39 Å². The Morgan fingerprint density at radius 3 is 2.89 bits per heavy atom. The Hall–Kier alpha value is -1.45. The minimum atomic E-state index is -0.669. The van der Waals surface area contributed by atoms with E-state index in [2.05, 4.69) is 18.8 Å². The average Bonchev–Trinajstić information content (AvgIpc) is 2.64. The number of carbonyl (C=O) groups is 1. The Kier molecular flexibility index (Phi) is 4.51. The van der Waals surface area contributed by atoms with Crippen LogP contribution in [-0.2, 0) is 0 Å². The summed E-state index contributed by atoms with van der Waals surface area (Å²) in [6.07, 6.45) is 4.52. The minimum absolute atomic E-state index is 0.0884. The summed E-state index contributed by atoms with van der Waals surface area (Å²) in [6, 6.07) is 3.11. The molecule has 1 aromatic heterocycles. The number of hydrogen-bond acceptors (Lipinski definition) is 2. The molecule has 1 fully saturated rings. The van der Waals surface area contributed by atoms with Crippen LogP contribution in [0.3, 0.4) is 0 Å². The zero-order chi connectivity index (χ0) is 13.8. The SMILES string of the molecule is CC(C)C1CCCN(C(=O)c2cccnc2F)CC1. The number of aromatic nitrogens is 1. The fourth-order valence-electron chi connectivity index (χ4n) is 2.71. The van der Waals surface area contributed by atoms with E-state index in [1.165, 1.54) is 12.3 Å². The van der Waals surface area contributed by atoms with E-state index >= 15 is 0 Å². The van der Waals surface area contributed by atoms with Gasteiger partial charge >= 0.3 is 0 Å². The van der Waals surface area contributed by atoms with Gasteiger partial charge in [0.2, 0.25) is 5.95 Å². The number of pyridine rings is 1. The predicted molar refractivity (Wildman–Crippen MR) is 72.3 cm³/mol. The molecule has 2 rings (SSSR count). The normalized spacial score (nSPS) is 20.4. The highest BCUT2D eigenvalue weighted by atomic mass is 19.1. The molecule has 1 amide bonds. The molecule has 4 heteroatoms. The molecule has 1 aliphatic rings. The van der Waals surface area contributed by atoms with E-state index in [1.807, 2.05) is 0 Å². The van der Waals surface area contributed by atoms with Crippen molar-refractivity contribution in [2.45, 2.75) is 33.1 Å². The van der Waals surface area contributed by atoms with Crippen molar-refractivity contribution < 1.29 is 9.18 Å². The topological polar surface area (TPSA) is 33.2 Å². The minimum Gasteiger partial charge on any atom is -0.338 e. The van der Waals surface area contributed by atoms with Crippen LogP contribution in [0, 0.1) is 17.8 Å². The Balaban J connectivity index is 2.06. The Morgan fingerprint density at radius 2 is 2.21 bits per heavy atom. The van der Waals surface area contributed by atoms with E-state index < -0.39 is 5.95 Å². The highest BCUT2D eigenvalue weighted by Crippen LogP contribution is 2.25. The van der Waals surface area contributed by atoms with Crippen LogP contribution in [0.1, 0.15) is 43.5 Å². The lowest BCUT2D eigenvalue weighted by Gasteiger charge is -2.21. The van der Waals surface area contributed by atoms with E-state index in [-0.39, 0.29) is 11.5 Å². The molecule has 0 spiro atoms. The zero-order valence-electron chi connectivity index (χ0n) is 11.6. The van der Waals surface area contributed by atoms with Crippen molar-refractivity contribution in [3.63, 3.8) is 0 Å². The van der Waals surface area contributed by atoms with Gasteiger partial charge in [0.1, 0.15) is 0 Å². The molecule has 0 saturated carbocycles. The largest absolute Gasteiger partial charge is 0.338 e. The molecule has 1 unspecified atom stereocenters. The fourth-order valence-corrected chi connectivity index (χ4v) is 2.71. The standard InChI is InChI=1S/C15H21FN2O/c1-11(2)12-5-4-9-18(10-7-12)15(19)13-6-3-8-17-14(13)16/h3,6,8,11-12H,4-5,7,9-10H2,1-2H3. The number of carbonyl (C=O) groups excluding carboxylic acids is 1. The van der Waals surface area contributed by atoms with Crippen LogP contribution in [-0.4, -0.2) is 28.9 Å². The Morgan fingerprint density at radius 1 is 1.42 bits per heavy atom. The first-order chi connectivity index (χ1) is 9.09. The zero-order valence-corrected chi connectivity index (χ0v) is 11.6. The summed E-state index contributed by atoms with van der Waals surface area (Å²) in [7, 11) is 0. The smallest absolute Gasteiger partial charge is 0.258 e. The number of nitrogens with zero attached hydrogens (tertiary/aromatic N) is 2. The molecule has 3 nitrogen and oxygen atoms in total. The molecule has 1 saturated heterocycles. The van der Waals surface area contributed by atoms with Crippen LogP contribution in [0.25, 0.3) is 0 Å². The van der Waals surface area contributed by atoms with E-state index in [1.54, 1.807) is 11.0 Å². The second-order valence-corrected chi connectivity index (χ2v) is 5.57. The maximum Gasteiger partial charge on any atom is 0.258 e. The molecule has 1 aliphatic heterocycles. The first-order valence-electron chi connectivity index (χ1n) is 6.99. The van der Waals surface area contributed by atoms with Gasteiger partial charge in [0.15, 0.2) is 0 Å². The van der Waals surface area contributed by atoms with Gasteiger partial charge in [-0.1, -0.05) is 13.8 Å². The maximum atomic E-state index is 13.5. The first kappa shape index (κ1) is 14.0. The summed E-state index contributed by atoms with van der Waals surface area (Å²) >= 11 is 0. The summed E-state index contributed by atoms with van der Waals surface area (Å²) in [5, 5.41) is 0. The van der Waals surface area contributed by atoms with Gasteiger partial charge in [-0.15, -0.1) is 0 Å². The van der Waals surface area contributed by atoms with Crippen molar-refractivity contribution in [2.75, 3.05) is 13.1 Å². The summed E-state index contributed by atoms with van der Waals surface area (Å²) in [4.78, 5) is 17.6. The third kappa shape index (κ3) is 3.31. The lowest BCUT2D eigenvalue weighted by molar-refractivity contribution is 0.0753. The van der Waals surface area contributed by atoms with E-state index in [0.717, 1.165) is 32.4 Å². The summed E-state index contributed by atoms with van der Waals surface area (Å²) in [5.41, 5.74) is 0.0884. The van der Waals surface area contributed by atoms with Gasteiger partial charge in [-0.25, -0.2) is 4.98 Å². The second kappa shape index (κ2) is 6.13. The fraction of sp³-hybridized carbons (Fsp3) is 0.600. The van der Waals surface area contributed by atoms with Crippen molar-refractivity contribution in [1.82, 2.24) is 9.88 Å². The first-order valence-corrected chi connectivity index (χ1v) is 6.99. The average molecular weight is 264 g/mol. The molecule has 104 valence electrons. The summed E-state index contributed by atoms with van der Waals surface area (Å²) in [6.45, 7) is 5.89. The molecule has 2 heterocycles. The van der Waals surface area contributed by atoms with Crippen LogP contribution in [0.15, 0.2) is 18.3 Å². The molecule has 19 heavy (non-hydrogen) atoms. The number of amides is 1. The van der Waals surface area contributed by atoms with E-state index in [9.17, 15) is 9.18 Å². The molecule has 0 bridgehead atoms. The molecule has 0 aromatic carbocycles. The van der Waals surface area contributed by atoms with Crippen LogP contribution in [0.5, 0.6) is 0 Å². The molecule has 0 radical (unpaired) electrons. The van der Waals surface area contributed by atoms with Gasteiger partial charge in [0.05, 0.1) is 5.56 Å². The number of hydrogen-bond donors (Lipinski definition) is 0. The van der Waals surface area contributed by atoms with E-state index in [4.69, 9.17) is 0 Å². The quantitative estimate of drug-likeness (QED) is 0.769. The van der Waals surface area contributed by atoms with Gasteiger partial charge in [-0.05, 0) is 43.2 Å². The second-order valence-electron chi connectivity index (χ2n) is 5.57. The predicted octanol–water partition coefficient (Wildman–Crippen LogP) is 3.12. The highest BCUT2D eigenvalue weighted by molar-refractivity contribution is 5.94. The van der Waals surface area contributed by atoms with Crippen LogP contribution in [0.2, 0.25) is 0 Å². The van der Waals surface area contributed by atoms with Gasteiger partial charge in [0, 0.05) is 19.3 Å². The van der Waals surface area contributed by atoms with Crippen molar-refractivity contribution in [3.05, 3.63) is 29.8 Å². The van der Waals surface area contributed by atoms with Crippen molar-refractivity contribution >= 4 is 5.91 Å². The van der Waals surface area contributed by atoms with Crippen molar-refractivity contribution in [1.29, 1.82) is 0 Å². The van der Waals surface area contributed by atoms with Crippen LogP contribution >= 0.6 is 0 Å². The Labute approximate surface area is 113 Å². The number of halogens is 1. The van der Waals surface area contributed by atoms with E-state index in [0.29, 0.717) is 11.8 Å². The van der Waals surface area contributed by atoms with Crippen molar-refractivity contribution in [3.8, 4) is 0 Å². The monoisotopic (exact) mass is 264 g/mol. The lowest BCUT2D eigenvalue weighted by Crippen LogP contribution is -2.32. The van der Waals surface area contributed by atoms with Gasteiger partial charge < -0.3 is 4.90 Å². The molecular weight excluding hydrogens is 243 g/mol. The summed E-state index contributed by atoms with van der Waals surface area (Å²) in [5.74, 6) is 0.411.